The number of carbonyl (C=O) groups is 1. The molecule has 0 bridgehead atoms. The molecule has 0 aliphatic carbocycles. The van der Waals surface area contributed by atoms with Crippen molar-refractivity contribution in [1.82, 2.24) is 4.98 Å². The van der Waals surface area contributed by atoms with Gasteiger partial charge in [-0.15, -0.1) is 0 Å². The predicted molar refractivity (Wildman–Crippen MR) is 86.6 cm³/mol. The molecule has 21 heavy (non-hydrogen) atoms. The zero-order chi connectivity index (χ0) is 15.0. The van der Waals surface area contributed by atoms with Gasteiger partial charge in [-0.2, -0.15) is 0 Å². The Hall–Kier alpha value is -2.75. The Balaban J connectivity index is 2.02. The van der Waals surface area contributed by atoms with Crippen LogP contribution in [0.25, 0.3) is 10.9 Å². The zero-order valence-corrected chi connectivity index (χ0v) is 12.1. The highest BCUT2D eigenvalue weighted by atomic mass is 16.2. The summed E-state index contributed by atoms with van der Waals surface area (Å²) in [7, 11) is 1.78. The Bertz CT molecular complexity index is 820. The largest absolute Gasteiger partial charge is 0.399 e. The first kappa shape index (κ1) is 13.2. The van der Waals surface area contributed by atoms with E-state index in [0.717, 1.165) is 22.2 Å². The van der Waals surface area contributed by atoms with Crippen molar-refractivity contribution in [2.45, 2.75) is 6.92 Å². The summed E-state index contributed by atoms with van der Waals surface area (Å²) >= 11 is 0. The van der Waals surface area contributed by atoms with Crippen LogP contribution in [0, 0.1) is 6.92 Å². The second-order valence-corrected chi connectivity index (χ2v) is 5.21. The van der Waals surface area contributed by atoms with E-state index in [9.17, 15) is 4.79 Å². The van der Waals surface area contributed by atoms with Crippen molar-refractivity contribution in [2.75, 3.05) is 17.7 Å². The van der Waals surface area contributed by atoms with E-state index in [0.29, 0.717) is 11.3 Å². The van der Waals surface area contributed by atoms with Crippen molar-refractivity contribution in [1.29, 1.82) is 0 Å². The van der Waals surface area contributed by atoms with Gasteiger partial charge in [0.1, 0.15) is 0 Å². The van der Waals surface area contributed by atoms with Gasteiger partial charge in [-0.3, -0.25) is 4.79 Å². The molecule has 1 amide bonds. The van der Waals surface area contributed by atoms with E-state index < -0.39 is 0 Å². The molecule has 3 N–H and O–H groups in total. The number of nitrogens with one attached hydrogen (secondary N) is 1. The number of amides is 1. The number of benzene rings is 2. The quantitative estimate of drug-likeness (QED) is 0.707. The minimum absolute atomic E-state index is 0.0579. The minimum atomic E-state index is -0.0579. The van der Waals surface area contributed by atoms with E-state index in [4.69, 9.17) is 5.73 Å². The molecule has 106 valence electrons. The van der Waals surface area contributed by atoms with Crippen LogP contribution in [-0.4, -0.2) is 17.9 Å². The van der Waals surface area contributed by atoms with Crippen molar-refractivity contribution in [3.63, 3.8) is 0 Å². The number of hydrogen-bond donors (Lipinski definition) is 2. The summed E-state index contributed by atoms with van der Waals surface area (Å²) in [5, 5.41) is 0.847. The zero-order valence-electron chi connectivity index (χ0n) is 12.1. The number of anilines is 2. The van der Waals surface area contributed by atoms with Crippen LogP contribution in [0.4, 0.5) is 11.4 Å². The fourth-order valence-electron chi connectivity index (χ4n) is 2.45. The van der Waals surface area contributed by atoms with Crippen molar-refractivity contribution >= 4 is 28.2 Å². The van der Waals surface area contributed by atoms with Crippen LogP contribution in [0.5, 0.6) is 0 Å². The Morgan fingerprint density at radius 1 is 1.19 bits per heavy atom. The number of aromatic nitrogens is 1. The highest BCUT2D eigenvalue weighted by Gasteiger charge is 2.17. The molecule has 1 aromatic heterocycles. The average molecular weight is 279 g/mol. The van der Waals surface area contributed by atoms with Gasteiger partial charge in [-0.05, 0) is 42.8 Å². The molecule has 0 spiro atoms. The normalized spacial score (nSPS) is 10.8. The standard InChI is InChI=1S/C17H17N3O/c1-11-4-3-5-13(8-11)20(2)17(21)15-10-19-16-7-6-12(18)9-14(15)16/h3-10,19H,18H2,1-2H3. The van der Waals surface area contributed by atoms with Crippen molar-refractivity contribution in [3.05, 3.63) is 59.8 Å². The molecular weight excluding hydrogens is 262 g/mol. The van der Waals surface area contributed by atoms with Gasteiger partial charge < -0.3 is 15.6 Å². The van der Waals surface area contributed by atoms with Crippen LogP contribution < -0.4 is 10.6 Å². The molecule has 0 saturated heterocycles. The molecule has 3 rings (SSSR count). The van der Waals surface area contributed by atoms with Crippen LogP contribution in [0.15, 0.2) is 48.7 Å². The summed E-state index contributed by atoms with van der Waals surface area (Å²) in [6.07, 6.45) is 1.73. The Morgan fingerprint density at radius 2 is 2.00 bits per heavy atom. The molecule has 0 unspecified atom stereocenters. The second-order valence-electron chi connectivity index (χ2n) is 5.21. The monoisotopic (exact) mass is 279 g/mol. The van der Waals surface area contributed by atoms with Crippen molar-refractivity contribution in [3.8, 4) is 0 Å². The first-order valence-corrected chi connectivity index (χ1v) is 6.77. The van der Waals surface area contributed by atoms with Crippen LogP contribution in [-0.2, 0) is 0 Å². The van der Waals surface area contributed by atoms with E-state index in [2.05, 4.69) is 4.98 Å². The summed E-state index contributed by atoms with van der Waals surface area (Å²) < 4.78 is 0. The molecule has 4 nitrogen and oxygen atoms in total. The number of fused-ring (bicyclic) bond motifs is 1. The third-order valence-electron chi connectivity index (χ3n) is 3.63. The van der Waals surface area contributed by atoms with Gasteiger partial charge in [0.15, 0.2) is 0 Å². The number of nitrogens with zero attached hydrogens (tertiary/aromatic N) is 1. The van der Waals surface area contributed by atoms with E-state index in [1.54, 1.807) is 18.1 Å². The van der Waals surface area contributed by atoms with Crippen molar-refractivity contribution < 1.29 is 4.79 Å². The number of nitrogen functional groups attached to an aromatic ring is 1. The number of hydrogen-bond acceptors (Lipinski definition) is 2. The van der Waals surface area contributed by atoms with Gasteiger partial charge >= 0.3 is 0 Å². The highest BCUT2D eigenvalue weighted by molar-refractivity contribution is 6.14. The molecule has 0 saturated carbocycles. The lowest BCUT2D eigenvalue weighted by Crippen LogP contribution is -2.26. The fraction of sp³-hybridized carbons (Fsp3) is 0.118. The Morgan fingerprint density at radius 3 is 2.76 bits per heavy atom. The predicted octanol–water partition coefficient (Wildman–Crippen LogP) is 3.34. The first-order chi connectivity index (χ1) is 10.1. The molecule has 0 aliphatic heterocycles. The topological polar surface area (TPSA) is 62.1 Å². The molecule has 0 atom stereocenters. The Labute approximate surface area is 123 Å². The molecule has 3 aromatic rings. The summed E-state index contributed by atoms with van der Waals surface area (Å²) in [5.41, 5.74) is 10.00. The molecule has 0 radical (unpaired) electrons. The summed E-state index contributed by atoms with van der Waals surface area (Å²) in [6, 6.07) is 13.4. The maximum Gasteiger partial charge on any atom is 0.260 e. The van der Waals surface area contributed by atoms with E-state index in [1.807, 2.05) is 49.4 Å². The van der Waals surface area contributed by atoms with E-state index >= 15 is 0 Å². The molecule has 0 fully saturated rings. The minimum Gasteiger partial charge on any atom is -0.399 e. The average Bonchev–Trinajstić information content (AvgIpc) is 2.88. The number of nitrogens with two attached hydrogens (primary N) is 1. The molecule has 0 aliphatic rings. The SMILES string of the molecule is Cc1cccc(N(C)C(=O)c2c[nH]c3ccc(N)cc23)c1. The third-order valence-corrected chi connectivity index (χ3v) is 3.63. The summed E-state index contributed by atoms with van der Waals surface area (Å²) in [6.45, 7) is 2.01. The molecular formula is C17H17N3O. The lowest BCUT2D eigenvalue weighted by Gasteiger charge is -2.17. The smallest absolute Gasteiger partial charge is 0.260 e. The number of H-pyrrole nitrogens is 1. The van der Waals surface area contributed by atoms with E-state index in [-0.39, 0.29) is 5.91 Å². The fourth-order valence-corrected chi connectivity index (χ4v) is 2.45. The summed E-state index contributed by atoms with van der Waals surface area (Å²) in [4.78, 5) is 17.5. The van der Waals surface area contributed by atoms with Gasteiger partial charge in [0.05, 0.1) is 5.56 Å². The van der Waals surface area contributed by atoms with Crippen LogP contribution in [0.1, 0.15) is 15.9 Å². The van der Waals surface area contributed by atoms with Gasteiger partial charge in [0.25, 0.3) is 5.91 Å². The number of rotatable bonds is 2. The van der Waals surface area contributed by atoms with Crippen LogP contribution in [0.2, 0.25) is 0 Å². The summed E-state index contributed by atoms with van der Waals surface area (Å²) in [5.74, 6) is -0.0579. The van der Waals surface area contributed by atoms with Gasteiger partial charge in [0, 0.05) is 35.5 Å². The maximum atomic E-state index is 12.7. The first-order valence-electron chi connectivity index (χ1n) is 6.77. The lowest BCUT2D eigenvalue weighted by molar-refractivity contribution is 0.0994. The Kier molecular flexibility index (Phi) is 3.14. The molecule has 1 heterocycles. The van der Waals surface area contributed by atoms with Crippen LogP contribution >= 0.6 is 0 Å². The number of aromatic amines is 1. The number of carbonyl (C=O) groups excluding carboxylic acids is 1. The van der Waals surface area contributed by atoms with Crippen molar-refractivity contribution in [2.24, 2.45) is 0 Å². The molecule has 4 heteroatoms. The van der Waals surface area contributed by atoms with E-state index in [1.165, 1.54) is 0 Å². The van der Waals surface area contributed by atoms with Gasteiger partial charge in [-0.25, -0.2) is 0 Å². The number of aryl methyl sites for hydroxylation is 1. The van der Waals surface area contributed by atoms with Crippen LogP contribution in [0.3, 0.4) is 0 Å². The van der Waals surface area contributed by atoms with Gasteiger partial charge in [-0.1, -0.05) is 12.1 Å². The second kappa shape index (κ2) is 4.98. The molecule has 2 aromatic carbocycles. The highest BCUT2D eigenvalue weighted by Crippen LogP contribution is 2.24. The third kappa shape index (κ3) is 2.36. The maximum absolute atomic E-state index is 12.7. The lowest BCUT2D eigenvalue weighted by atomic mass is 10.1. The van der Waals surface area contributed by atoms with Gasteiger partial charge in [0.2, 0.25) is 0 Å².